The highest BCUT2D eigenvalue weighted by atomic mass is 32.2. The lowest BCUT2D eigenvalue weighted by Crippen LogP contribution is -2.55. The molecule has 8 heteroatoms. The Morgan fingerprint density at radius 3 is 2.17 bits per heavy atom. The Balaban J connectivity index is 1.54. The van der Waals surface area contributed by atoms with Crippen LogP contribution in [0.1, 0.15) is 45.4 Å². The number of benzene rings is 1. The highest BCUT2D eigenvalue weighted by molar-refractivity contribution is 7.89. The number of carbonyl (C=O) groups excluding carboxylic acids is 1. The summed E-state index contributed by atoms with van der Waals surface area (Å²) in [5, 5.41) is 3.21. The fraction of sp³-hybridized carbons (Fsp3) is 0.667. The molecule has 0 bridgehead atoms. The molecule has 1 N–H and O–H groups in total. The zero-order chi connectivity index (χ0) is 20.9. The van der Waals surface area contributed by atoms with Crippen LogP contribution in [-0.4, -0.2) is 68.9 Å². The minimum Gasteiger partial charge on any atom is -0.497 e. The van der Waals surface area contributed by atoms with E-state index in [1.807, 2.05) is 6.92 Å². The number of sulfonamides is 1. The summed E-state index contributed by atoms with van der Waals surface area (Å²) >= 11 is 0. The lowest BCUT2D eigenvalue weighted by Gasteiger charge is -2.37. The molecule has 0 spiro atoms. The number of nitrogens with zero attached hydrogens (tertiary/aromatic N) is 2. The first kappa shape index (κ1) is 22.1. The van der Waals surface area contributed by atoms with E-state index in [0.29, 0.717) is 31.9 Å². The van der Waals surface area contributed by atoms with Crippen molar-refractivity contribution < 1.29 is 17.9 Å². The molecule has 1 aromatic rings. The van der Waals surface area contributed by atoms with Gasteiger partial charge >= 0.3 is 0 Å². The van der Waals surface area contributed by atoms with Crippen molar-refractivity contribution in [2.24, 2.45) is 0 Å². The minimum atomic E-state index is -3.53. The van der Waals surface area contributed by atoms with Crippen LogP contribution in [0.15, 0.2) is 29.2 Å². The van der Waals surface area contributed by atoms with Crippen LogP contribution in [0.2, 0.25) is 0 Å². The van der Waals surface area contributed by atoms with Gasteiger partial charge in [0.2, 0.25) is 15.9 Å². The summed E-state index contributed by atoms with van der Waals surface area (Å²) < 4.78 is 32.4. The molecule has 1 aliphatic carbocycles. The van der Waals surface area contributed by atoms with Crippen molar-refractivity contribution in [3.8, 4) is 5.75 Å². The van der Waals surface area contributed by atoms with Gasteiger partial charge in [-0.1, -0.05) is 25.7 Å². The van der Waals surface area contributed by atoms with Crippen molar-refractivity contribution in [3.63, 3.8) is 0 Å². The molecule has 162 valence electrons. The predicted molar refractivity (Wildman–Crippen MR) is 112 cm³/mol. The third-order valence-electron chi connectivity index (χ3n) is 6.10. The summed E-state index contributed by atoms with van der Waals surface area (Å²) in [5.41, 5.74) is 0. The number of amides is 1. The largest absolute Gasteiger partial charge is 0.497 e. The van der Waals surface area contributed by atoms with Crippen LogP contribution in [0.3, 0.4) is 0 Å². The summed E-state index contributed by atoms with van der Waals surface area (Å²) in [5.74, 6) is 0.686. The summed E-state index contributed by atoms with van der Waals surface area (Å²) in [4.78, 5) is 15.0. The maximum absolute atomic E-state index is 12.9. The van der Waals surface area contributed by atoms with Gasteiger partial charge in [0.05, 0.1) is 18.0 Å². The van der Waals surface area contributed by atoms with Gasteiger partial charge in [0, 0.05) is 32.2 Å². The normalized spacial score (nSPS) is 21.3. The number of carbonyl (C=O) groups is 1. The van der Waals surface area contributed by atoms with Gasteiger partial charge in [-0.3, -0.25) is 9.69 Å². The van der Waals surface area contributed by atoms with E-state index in [1.165, 1.54) is 30.0 Å². The number of hydrogen-bond acceptors (Lipinski definition) is 5. The van der Waals surface area contributed by atoms with E-state index in [4.69, 9.17) is 4.74 Å². The van der Waals surface area contributed by atoms with Gasteiger partial charge < -0.3 is 10.1 Å². The Bertz CT molecular complexity index is 766. The number of rotatable bonds is 6. The molecule has 1 aromatic carbocycles. The molecule has 0 radical (unpaired) electrons. The summed E-state index contributed by atoms with van der Waals surface area (Å²) in [7, 11) is -1.98. The highest BCUT2D eigenvalue weighted by Crippen LogP contribution is 2.22. The van der Waals surface area contributed by atoms with Gasteiger partial charge in [0.15, 0.2) is 0 Å². The number of piperazine rings is 1. The van der Waals surface area contributed by atoms with Crippen molar-refractivity contribution >= 4 is 15.9 Å². The van der Waals surface area contributed by atoms with Crippen molar-refractivity contribution in [3.05, 3.63) is 24.3 Å². The number of methoxy groups -OCH3 is 1. The monoisotopic (exact) mass is 423 g/mol. The number of hydrogen-bond donors (Lipinski definition) is 1. The Hall–Kier alpha value is -1.64. The summed E-state index contributed by atoms with van der Waals surface area (Å²) in [6, 6.07) is 6.49. The quantitative estimate of drug-likeness (QED) is 0.710. The number of nitrogens with one attached hydrogen (secondary N) is 1. The predicted octanol–water partition coefficient (Wildman–Crippen LogP) is 2.23. The topological polar surface area (TPSA) is 79.0 Å². The lowest BCUT2D eigenvalue weighted by atomic mass is 10.1. The SMILES string of the molecule is COc1ccc(S(=O)(=O)N2CCN([C@@H](C)C(=O)NC3CCCCCC3)CC2)cc1. The first-order valence-electron chi connectivity index (χ1n) is 10.6. The van der Waals surface area contributed by atoms with Crippen molar-refractivity contribution in [1.29, 1.82) is 0 Å². The van der Waals surface area contributed by atoms with E-state index in [9.17, 15) is 13.2 Å². The van der Waals surface area contributed by atoms with Crippen LogP contribution in [0, 0.1) is 0 Å². The van der Waals surface area contributed by atoms with Crippen LogP contribution in [0.5, 0.6) is 5.75 Å². The average Bonchev–Trinajstić information content (AvgIpc) is 3.02. The van der Waals surface area contributed by atoms with E-state index in [0.717, 1.165) is 12.8 Å². The third kappa shape index (κ3) is 5.49. The van der Waals surface area contributed by atoms with Crippen molar-refractivity contribution in [2.45, 2.75) is 62.4 Å². The van der Waals surface area contributed by atoms with Gasteiger partial charge in [-0.2, -0.15) is 4.31 Å². The van der Waals surface area contributed by atoms with Crippen LogP contribution < -0.4 is 10.1 Å². The second-order valence-electron chi connectivity index (χ2n) is 7.99. The molecule has 0 unspecified atom stereocenters. The fourth-order valence-corrected chi connectivity index (χ4v) is 5.56. The molecular weight excluding hydrogens is 390 g/mol. The van der Waals surface area contributed by atoms with Crippen LogP contribution in [-0.2, 0) is 14.8 Å². The Labute approximate surface area is 174 Å². The second kappa shape index (κ2) is 9.91. The van der Waals surface area contributed by atoms with Gasteiger partial charge in [-0.05, 0) is 44.0 Å². The third-order valence-corrected chi connectivity index (χ3v) is 8.01. The Kier molecular flexibility index (Phi) is 7.54. The molecule has 1 atom stereocenters. The molecule has 3 rings (SSSR count). The molecule has 1 saturated carbocycles. The average molecular weight is 424 g/mol. The van der Waals surface area contributed by atoms with E-state index in [2.05, 4.69) is 10.2 Å². The zero-order valence-corrected chi connectivity index (χ0v) is 18.3. The Morgan fingerprint density at radius 1 is 1.03 bits per heavy atom. The van der Waals surface area contributed by atoms with E-state index in [-0.39, 0.29) is 22.9 Å². The Morgan fingerprint density at radius 2 is 1.62 bits per heavy atom. The molecule has 7 nitrogen and oxygen atoms in total. The minimum absolute atomic E-state index is 0.0587. The molecule has 2 fully saturated rings. The summed E-state index contributed by atoms with van der Waals surface area (Å²) in [6.45, 7) is 3.79. The summed E-state index contributed by atoms with van der Waals surface area (Å²) in [6.07, 6.45) is 7.00. The molecule has 1 saturated heterocycles. The molecule has 2 aliphatic rings. The first-order valence-corrected chi connectivity index (χ1v) is 12.0. The van der Waals surface area contributed by atoms with Crippen molar-refractivity contribution in [1.82, 2.24) is 14.5 Å². The molecule has 1 amide bonds. The van der Waals surface area contributed by atoms with Crippen molar-refractivity contribution in [2.75, 3.05) is 33.3 Å². The molecule has 29 heavy (non-hydrogen) atoms. The standard InChI is InChI=1S/C21H33N3O4S/c1-17(21(25)22-18-7-5-3-4-6-8-18)23-13-15-24(16-14-23)29(26,27)20-11-9-19(28-2)10-12-20/h9-12,17-18H,3-8,13-16H2,1-2H3,(H,22,25)/t17-/m0/s1. The highest BCUT2D eigenvalue weighted by Gasteiger charge is 2.32. The number of ether oxygens (including phenoxy) is 1. The van der Waals surface area contributed by atoms with E-state index < -0.39 is 10.0 Å². The lowest BCUT2D eigenvalue weighted by molar-refractivity contribution is -0.127. The molecule has 1 heterocycles. The first-order chi connectivity index (χ1) is 13.9. The van der Waals surface area contributed by atoms with E-state index >= 15 is 0 Å². The second-order valence-corrected chi connectivity index (χ2v) is 9.93. The fourth-order valence-electron chi connectivity index (χ4n) is 4.14. The van der Waals surface area contributed by atoms with Crippen LogP contribution in [0.25, 0.3) is 0 Å². The van der Waals surface area contributed by atoms with Gasteiger partial charge in [-0.15, -0.1) is 0 Å². The molecule has 0 aromatic heterocycles. The van der Waals surface area contributed by atoms with Gasteiger partial charge in [-0.25, -0.2) is 8.42 Å². The van der Waals surface area contributed by atoms with E-state index in [1.54, 1.807) is 31.4 Å². The zero-order valence-electron chi connectivity index (χ0n) is 17.5. The van der Waals surface area contributed by atoms with Crippen LogP contribution in [0.4, 0.5) is 0 Å². The maximum atomic E-state index is 12.9. The van der Waals surface area contributed by atoms with Crippen LogP contribution >= 0.6 is 0 Å². The molecule has 1 aliphatic heterocycles. The maximum Gasteiger partial charge on any atom is 0.243 e. The van der Waals surface area contributed by atoms with Gasteiger partial charge in [0.25, 0.3) is 0 Å². The smallest absolute Gasteiger partial charge is 0.243 e. The van der Waals surface area contributed by atoms with Gasteiger partial charge in [0.1, 0.15) is 5.75 Å². The molecular formula is C21H33N3O4S.